The van der Waals surface area contributed by atoms with E-state index in [0.29, 0.717) is 21.6 Å². The summed E-state index contributed by atoms with van der Waals surface area (Å²) in [5.41, 5.74) is 1.55. The molecular weight excluding hydrogens is 421 g/mol. The quantitative estimate of drug-likeness (QED) is 0.486. The summed E-state index contributed by atoms with van der Waals surface area (Å²) < 4.78 is 12.1. The van der Waals surface area contributed by atoms with Crippen molar-refractivity contribution in [2.24, 2.45) is 5.41 Å². The Morgan fingerprint density at radius 2 is 2.07 bits per heavy atom. The van der Waals surface area contributed by atoms with Crippen LogP contribution in [-0.4, -0.2) is 29.4 Å². The SMILES string of the molecule is CC(C)(CO)C(OC/C=C/Cl)/C(=C\c1cccnc1)Oc1ccc(Cl)cc1Cl. The number of pyridine rings is 1. The van der Waals surface area contributed by atoms with Crippen LogP contribution in [0.5, 0.6) is 5.75 Å². The molecule has 1 unspecified atom stereocenters. The first-order valence-corrected chi connectivity index (χ1v) is 9.79. The Bertz CT molecular complexity index is 823. The highest BCUT2D eigenvalue weighted by molar-refractivity contribution is 6.35. The van der Waals surface area contributed by atoms with Gasteiger partial charge >= 0.3 is 0 Å². The van der Waals surface area contributed by atoms with E-state index in [1.807, 2.05) is 32.1 Å². The number of aliphatic hydroxyl groups is 1. The molecule has 4 nitrogen and oxygen atoms in total. The number of aliphatic hydroxyl groups excluding tert-OH is 1. The van der Waals surface area contributed by atoms with Crippen LogP contribution in [0.15, 0.2) is 60.1 Å². The fourth-order valence-corrected chi connectivity index (χ4v) is 2.95. The minimum atomic E-state index is -0.646. The molecule has 28 heavy (non-hydrogen) atoms. The van der Waals surface area contributed by atoms with Gasteiger partial charge in [-0.05, 0) is 42.0 Å². The van der Waals surface area contributed by atoms with Crippen LogP contribution >= 0.6 is 34.8 Å². The second kappa shape index (κ2) is 10.8. The van der Waals surface area contributed by atoms with Crippen LogP contribution in [0.2, 0.25) is 10.0 Å². The molecule has 1 atom stereocenters. The Balaban J connectivity index is 2.48. The van der Waals surface area contributed by atoms with Crippen LogP contribution < -0.4 is 4.74 Å². The van der Waals surface area contributed by atoms with Crippen molar-refractivity contribution < 1.29 is 14.6 Å². The Morgan fingerprint density at radius 3 is 2.68 bits per heavy atom. The van der Waals surface area contributed by atoms with E-state index in [1.54, 1.807) is 36.7 Å². The van der Waals surface area contributed by atoms with Crippen LogP contribution in [0, 0.1) is 5.41 Å². The largest absolute Gasteiger partial charge is 0.457 e. The number of hydrogen-bond donors (Lipinski definition) is 1. The van der Waals surface area contributed by atoms with Gasteiger partial charge in [-0.1, -0.05) is 54.7 Å². The van der Waals surface area contributed by atoms with E-state index in [-0.39, 0.29) is 13.2 Å². The lowest BCUT2D eigenvalue weighted by atomic mass is 9.85. The molecule has 0 fully saturated rings. The molecule has 150 valence electrons. The molecule has 1 aromatic carbocycles. The van der Waals surface area contributed by atoms with Gasteiger partial charge in [-0.3, -0.25) is 4.98 Å². The minimum absolute atomic E-state index is 0.121. The smallest absolute Gasteiger partial charge is 0.145 e. The highest BCUT2D eigenvalue weighted by Crippen LogP contribution is 2.35. The maximum atomic E-state index is 9.93. The van der Waals surface area contributed by atoms with Crippen molar-refractivity contribution in [1.82, 2.24) is 4.98 Å². The molecule has 0 aliphatic carbocycles. The van der Waals surface area contributed by atoms with Gasteiger partial charge in [0.15, 0.2) is 0 Å². The van der Waals surface area contributed by atoms with E-state index >= 15 is 0 Å². The molecule has 1 aromatic heterocycles. The second-order valence-corrected chi connectivity index (χ2v) is 7.83. The zero-order valence-electron chi connectivity index (χ0n) is 15.6. The second-order valence-electron chi connectivity index (χ2n) is 6.73. The molecule has 0 bridgehead atoms. The highest BCUT2D eigenvalue weighted by atomic mass is 35.5. The summed E-state index contributed by atoms with van der Waals surface area (Å²) in [6.07, 6.45) is 6.28. The van der Waals surface area contributed by atoms with Gasteiger partial charge in [-0.2, -0.15) is 0 Å². The standard InChI is InChI=1S/C21H22Cl3NO3/c1-21(2,14-26)20(27-10-4-8-22)19(11-15-5-3-9-25-13-15)28-18-7-6-16(23)12-17(18)24/h3-9,11-13,20,26H,10,14H2,1-2H3/b8-4+,19-11+. The Morgan fingerprint density at radius 1 is 1.29 bits per heavy atom. The molecule has 0 aliphatic heterocycles. The van der Waals surface area contributed by atoms with Crippen LogP contribution in [0.3, 0.4) is 0 Å². The third-order valence-corrected chi connectivity index (χ3v) is 4.65. The van der Waals surface area contributed by atoms with Gasteiger partial charge in [0.2, 0.25) is 0 Å². The summed E-state index contributed by atoms with van der Waals surface area (Å²) in [5, 5.41) is 10.8. The summed E-state index contributed by atoms with van der Waals surface area (Å²) >= 11 is 17.9. The average molecular weight is 443 g/mol. The summed E-state index contributed by atoms with van der Waals surface area (Å²) in [5.74, 6) is 0.899. The average Bonchev–Trinajstić information content (AvgIpc) is 2.67. The monoisotopic (exact) mass is 441 g/mol. The van der Waals surface area contributed by atoms with Gasteiger partial charge in [-0.25, -0.2) is 0 Å². The summed E-state index contributed by atoms with van der Waals surface area (Å²) in [6.45, 7) is 3.89. The number of ether oxygens (including phenoxy) is 2. The Kier molecular flexibility index (Phi) is 8.80. The van der Waals surface area contributed by atoms with Crippen LogP contribution in [0.4, 0.5) is 0 Å². The molecule has 1 N–H and O–H groups in total. The number of rotatable bonds is 9. The molecule has 0 spiro atoms. The maximum Gasteiger partial charge on any atom is 0.145 e. The fraction of sp³-hybridized carbons (Fsp3) is 0.286. The van der Waals surface area contributed by atoms with Crippen LogP contribution in [-0.2, 0) is 4.74 Å². The van der Waals surface area contributed by atoms with E-state index in [9.17, 15) is 5.11 Å². The predicted octanol–water partition coefficient (Wildman–Crippen LogP) is 5.96. The lowest BCUT2D eigenvalue weighted by Crippen LogP contribution is -2.38. The Hall–Kier alpha value is -1.56. The van der Waals surface area contributed by atoms with Gasteiger partial charge in [0.25, 0.3) is 0 Å². The molecule has 7 heteroatoms. The first-order valence-electron chi connectivity index (χ1n) is 8.59. The minimum Gasteiger partial charge on any atom is -0.457 e. The lowest BCUT2D eigenvalue weighted by molar-refractivity contribution is -0.0324. The number of aromatic nitrogens is 1. The molecular formula is C21H22Cl3NO3. The van der Waals surface area contributed by atoms with Gasteiger partial charge < -0.3 is 14.6 Å². The van der Waals surface area contributed by atoms with Crippen molar-refractivity contribution in [3.05, 3.63) is 75.7 Å². The first kappa shape index (κ1) is 22.7. The molecule has 2 aromatic rings. The zero-order valence-corrected chi connectivity index (χ0v) is 17.9. The summed E-state index contributed by atoms with van der Waals surface area (Å²) in [6, 6.07) is 8.68. The summed E-state index contributed by atoms with van der Waals surface area (Å²) in [4.78, 5) is 4.13. The van der Waals surface area contributed by atoms with Crippen molar-refractivity contribution in [2.45, 2.75) is 20.0 Å². The van der Waals surface area contributed by atoms with Crippen molar-refractivity contribution in [3.8, 4) is 5.75 Å². The third kappa shape index (κ3) is 6.50. The van der Waals surface area contributed by atoms with Crippen molar-refractivity contribution in [2.75, 3.05) is 13.2 Å². The van der Waals surface area contributed by atoms with Gasteiger partial charge in [0, 0.05) is 28.4 Å². The highest BCUT2D eigenvalue weighted by Gasteiger charge is 2.34. The molecule has 0 saturated carbocycles. The van der Waals surface area contributed by atoms with Gasteiger partial charge in [0.05, 0.1) is 18.2 Å². The lowest BCUT2D eigenvalue weighted by Gasteiger charge is -2.33. The van der Waals surface area contributed by atoms with Crippen LogP contribution in [0.25, 0.3) is 6.08 Å². The molecule has 1 heterocycles. The van der Waals surface area contributed by atoms with Crippen molar-refractivity contribution >= 4 is 40.9 Å². The topological polar surface area (TPSA) is 51.6 Å². The van der Waals surface area contributed by atoms with E-state index < -0.39 is 11.5 Å². The van der Waals surface area contributed by atoms with Crippen molar-refractivity contribution in [1.29, 1.82) is 0 Å². The van der Waals surface area contributed by atoms with E-state index in [2.05, 4.69) is 4.98 Å². The van der Waals surface area contributed by atoms with Gasteiger partial charge in [-0.15, -0.1) is 0 Å². The van der Waals surface area contributed by atoms with E-state index in [4.69, 9.17) is 44.3 Å². The number of hydrogen-bond acceptors (Lipinski definition) is 4. The zero-order chi connectivity index (χ0) is 20.6. The first-order chi connectivity index (χ1) is 13.4. The third-order valence-electron chi connectivity index (χ3n) is 3.94. The normalized spacial score (nSPS) is 13.7. The summed E-state index contributed by atoms with van der Waals surface area (Å²) in [7, 11) is 0. The molecule has 0 saturated heterocycles. The molecule has 0 radical (unpaired) electrons. The number of benzene rings is 1. The maximum absolute atomic E-state index is 9.93. The van der Waals surface area contributed by atoms with Crippen molar-refractivity contribution in [3.63, 3.8) is 0 Å². The van der Waals surface area contributed by atoms with Gasteiger partial charge in [0.1, 0.15) is 17.6 Å². The number of nitrogens with zero attached hydrogens (tertiary/aromatic N) is 1. The van der Waals surface area contributed by atoms with E-state index in [1.165, 1.54) is 5.54 Å². The number of halogens is 3. The molecule has 0 aliphatic rings. The predicted molar refractivity (Wildman–Crippen MR) is 115 cm³/mol. The molecule has 2 rings (SSSR count). The van der Waals surface area contributed by atoms with E-state index in [0.717, 1.165) is 5.56 Å². The Labute approximate surface area is 180 Å². The fourth-order valence-electron chi connectivity index (χ4n) is 2.43. The van der Waals surface area contributed by atoms with Crippen LogP contribution in [0.1, 0.15) is 19.4 Å². The molecule has 0 amide bonds.